The standard InChI is InChI=1S/C24H18P.2ClH.Sb/c1-3-9-20(10-4-1)25(21-11-5-2-6-12-21)23-17-16-19-15-14-18-8-7-13-22(23)24(18)19;;;/h1-12,16-17H,14-15H2;2*1H;/p-2. The van der Waals surface area contributed by atoms with Gasteiger partial charge in [0.1, 0.15) is 0 Å². The van der Waals surface area contributed by atoms with Crippen LogP contribution in [-0.2, 0) is 12.8 Å². The van der Waals surface area contributed by atoms with E-state index >= 15 is 0 Å². The van der Waals surface area contributed by atoms with E-state index in [-0.39, 0.29) is 49.2 Å². The van der Waals surface area contributed by atoms with Gasteiger partial charge in [0.15, 0.2) is 0 Å². The molecule has 0 amide bonds. The molecule has 0 unspecified atom stereocenters. The maximum atomic E-state index is 3.58. The molecule has 4 radical (unpaired) electrons. The zero-order valence-corrected chi connectivity index (χ0v) is 20.1. The van der Waals surface area contributed by atoms with Gasteiger partial charge in [0, 0.05) is 24.4 Å². The minimum Gasteiger partial charge on any atom is -1.00 e. The van der Waals surface area contributed by atoms with E-state index in [0.717, 1.165) is 0 Å². The summed E-state index contributed by atoms with van der Waals surface area (Å²) in [7, 11) is -0.574. The maximum Gasteiger partial charge on any atom is 0 e. The summed E-state index contributed by atoms with van der Waals surface area (Å²) in [4.78, 5) is 0. The zero-order valence-electron chi connectivity index (χ0n) is 15.1. The van der Waals surface area contributed by atoms with Crippen molar-refractivity contribution in [1.82, 2.24) is 0 Å². The Morgan fingerprint density at radius 3 is 1.75 bits per heavy atom. The van der Waals surface area contributed by atoms with Crippen molar-refractivity contribution in [2.45, 2.75) is 12.8 Å². The maximum absolute atomic E-state index is 3.58. The van der Waals surface area contributed by atoms with E-state index in [1.54, 1.807) is 0 Å². The van der Waals surface area contributed by atoms with Crippen LogP contribution in [0.15, 0.2) is 84.9 Å². The third-order valence-electron chi connectivity index (χ3n) is 5.04. The van der Waals surface area contributed by atoms with Crippen LogP contribution in [0.3, 0.4) is 0 Å². The van der Waals surface area contributed by atoms with Crippen LogP contribution in [0.4, 0.5) is 0 Å². The molecule has 0 spiro atoms. The third-order valence-corrected chi connectivity index (χ3v) is 7.52. The van der Waals surface area contributed by atoms with Crippen LogP contribution in [0.1, 0.15) is 11.1 Å². The van der Waals surface area contributed by atoms with E-state index in [0.29, 0.717) is 0 Å². The molecule has 0 heterocycles. The molecular formula is C24H18Cl2PSb-2. The monoisotopic (exact) mass is 528 g/mol. The predicted octanol–water partition coefficient (Wildman–Crippen LogP) is -1.88. The van der Waals surface area contributed by atoms with E-state index in [1.165, 1.54) is 50.7 Å². The van der Waals surface area contributed by atoms with Crippen molar-refractivity contribution in [3.8, 4) is 0 Å². The van der Waals surface area contributed by atoms with Crippen LogP contribution in [-0.4, -0.2) is 24.4 Å². The van der Waals surface area contributed by atoms with Crippen LogP contribution in [0.5, 0.6) is 0 Å². The van der Waals surface area contributed by atoms with Crippen LogP contribution in [0.25, 0.3) is 10.8 Å². The first-order valence-electron chi connectivity index (χ1n) is 8.77. The normalized spacial score (nSPS) is 11.5. The van der Waals surface area contributed by atoms with Gasteiger partial charge in [0.2, 0.25) is 0 Å². The van der Waals surface area contributed by atoms with Crippen molar-refractivity contribution in [1.29, 1.82) is 0 Å². The molecule has 4 aromatic rings. The van der Waals surface area contributed by atoms with Gasteiger partial charge in [-0.1, -0.05) is 84.9 Å². The average molecular weight is 530 g/mol. The molecule has 1 aliphatic carbocycles. The van der Waals surface area contributed by atoms with E-state index < -0.39 is 7.92 Å². The van der Waals surface area contributed by atoms with Gasteiger partial charge in [0.05, 0.1) is 0 Å². The molecule has 4 heteroatoms. The Hall–Kier alpha value is -1.03. The largest absolute Gasteiger partial charge is 1.00 e. The van der Waals surface area contributed by atoms with Gasteiger partial charge >= 0.3 is 0 Å². The molecule has 1 aliphatic rings. The van der Waals surface area contributed by atoms with Crippen molar-refractivity contribution in [3.05, 3.63) is 102 Å². The number of aryl methyl sites for hydroxylation is 2. The van der Waals surface area contributed by atoms with Crippen molar-refractivity contribution in [2.75, 3.05) is 0 Å². The molecule has 5 rings (SSSR count). The Balaban J connectivity index is 0.000000934. The number of rotatable bonds is 3. The van der Waals surface area contributed by atoms with Crippen molar-refractivity contribution in [2.24, 2.45) is 0 Å². The first-order chi connectivity index (χ1) is 12.4. The van der Waals surface area contributed by atoms with Crippen LogP contribution in [0.2, 0.25) is 0 Å². The first-order valence-corrected chi connectivity index (χ1v) is 10.1. The molecule has 0 aliphatic heterocycles. The Morgan fingerprint density at radius 2 is 1.18 bits per heavy atom. The van der Waals surface area contributed by atoms with E-state index in [2.05, 4.69) is 91.0 Å². The molecule has 0 N–H and O–H groups in total. The Bertz CT molecular complexity index is 1000. The average Bonchev–Trinajstić information content (AvgIpc) is 3.11. The summed E-state index contributed by atoms with van der Waals surface area (Å²) < 4.78 is 0. The van der Waals surface area contributed by atoms with E-state index in [4.69, 9.17) is 0 Å². The number of hydrogen-bond acceptors (Lipinski definition) is 0. The van der Waals surface area contributed by atoms with Gasteiger partial charge < -0.3 is 24.8 Å². The Labute approximate surface area is 197 Å². The number of halogens is 2. The summed E-state index contributed by atoms with van der Waals surface area (Å²) in [5, 5.41) is 7.01. The molecule has 0 aromatic heterocycles. The molecule has 0 fully saturated rings. The molecule has 0 atom stereocenters. The zero-order chi connectivity index (χ0) is 16.6. The summed E-state index contributed by atoms with van der Waals surface area (Å²) in [6, 6.07) is 34.5. The minimum atomic E-state index is -0.574. The van der Waals surface area contributed by atoms with Gasteiger partial charge in [-0.3, -0.25) is 0 Å². The van der Waals surface area contributed by atoms with Crippen LogP contribution < -0.4 is 40.7 Å². The summed E-state index contributed by atoms with van der Waals surface area (Å²) in [6.07, 6.45) is 2.33. The van der Waals surface area contributed by atoms with Gasteiger partial charge in [0.25, 0.3) is 0 Å². The number of hydrogen-bond donors (Lipinski definition) is 0. The fourth-order valence-corrected chi connectivity index (χ4v) is 6.33. The second kappa shape index (κ2) is 10.1. The van der Waals surface area contributed by atoms with Crippen molar-refractivity contribution < 1.29 is 24.8 Å². The van der Waals surface area contributed by atoms with Crippen LogP contribution >= 0.6 is 7.92 Å². The van der Waals surface area contributed by atoms with Crippen molar-refractivity contribution in [3.63, 3.8) is 0 Å². The fourth-order valence-electron chi connectivity index (χ4n) is 3.91. The summed E-state index contributed by atoms with van der Waals surface area (Å²) in [5.41, 5.74) is 2.98. The van der Waals surface area contributed by atoms with Crippen molar-refractivity contribution >= 4 is 59.0 Å². The molecular weight excluding hydrogens is 512 g/mol. The molecule has 140 valence electrons. The molecule has 28 heavy (non-hydrogen) atoms. The second-order valence-electron chi connectivity index (χ2n) is 6.50. The summed E-state index contributed by atoms with van der Waals surface area (Å²) in [6.45, 7) is 0. The summed E-state index contributed by atoms with van der Waals surface area (Å²) >= 11 is 0. The molecule has 0 nitrogen and oxygen atoms in total. The number of benzene rings is 4. The van der Waals surface area contributed by atoms with Crippen LogP contribution in [0, 0.1) is 6.07 Å². The Morgan fingerprint density at radius 1 is 0.643 bits per heavy atom. The summed E-state index contributed by atoms with van der Waals surface area (Å²) in [5.74, 6) is 0. The van der Waals surface area contributed by atoms with E-state index in [9.17, 15) is 0 Å². The Kier molecular flexibility index (Phi) is 8.41. The first kappa shape index (κ1) is 23.2. The minimum absolute atomic E-state index is 0. The second-order valence-corrected chi connectivity index (χ2v) is 8.69. The smallest absolute Gasteiger partial charge is 0 e. The molecule has 0 saturated carbocycles. The SMILES string of the molecule is [Cl-].[Cl-].[Sb].[c]1ccc2c3c(ccc(P(c4ccccc4)c4ccccc4)c13)CC2. The molecule has 0 saturated heterocycles. The topological polar surface area (TPSA) is 0 Å². The third kappa shape index (κ3) is 4.12. The molecule has 4 aromatic carbocycles. The molecule has 0 bridgehead atoms. The predicted molar refractivity (Wildman–Crippen MR) is 115 cm³/mol. The van der Waals surface area contributed by atoms with Gasteiger partial charge in [-0.15, -0.1) is 0 Å². The quantitative estimate of drug-likeness (QED) is 0.215. The van der Waals surface area contributed by atoms with Gasteiger partial charge in [-0.2, -0.15) is 0 Å². The van der Waals surface area contributed by atoms with Gasteiger partial charge in [-0.05, 0) is 64.6 Å². The van der Waals surface area contributed by atoms with E-state index in [1.807, 2.05) is 0 Å². The van der Waals surface area contributed by atoms with Gasteiger partial charge in [-0.25, -0.2) is 0 Å². The fraction of sp³-hybridized carbons (Fsp3) is 0.0833.